The van der Waals surface area contributed by atoms with Crippen molar-refractivity contribution in [2.75, 3.05) is 13.1 Å². The minimum absolute atomic E-state index is 0.223. The van der Waals surface area contributed by atoms with Crippen molar-refractivity contribution in [3.05, 3.63) is 83.2 Å². The second kappa shape index (κ2) is 17.2. The molecule has 4 heterocycles. The number of piperidine rings is 2. The lowest BCUT2D eigenvalue weighted by Crippen LogP contribution is -2.50. The second-order valence-corrected chi connectivity index (χ2v) is 59.7. The molecule has 0 spiro atoms. The third-order valence-corrected chi connectivity index (χ3v) is 9.14. The molecule has 0 radical (unpaired) electrons. The van der Waals surface area contributed by atoms with Crippen molar-refractivity contribution in [1.29, 1.82) is 0 Å². The number of amides is 2. The Balaban J connectivity index is 0.000000640. The van der Waals surface area contributed by atoms with Gasteiger partial charge < -0.3 is 5.11 Å². The van der Waals surface area contributed by atoms with Crippen LogP contribution in [0.5, 0.6) is 0 Å². The topological polar surface area (TPSA) is 100 Å². The van der Waals surface area contributed by atoms with Gasteiger partial charge in [-0.25, -0.2) is 8.78 Å². The molecule has 3 atom stereocenters. The van der Waals surface area contributed by atoms with Gasteiger partial charge >= 0.3 is 0 Å². The molecule has 1 saturated carbocycles. The number of hydrogen-bond acceptors (Lipinski definition) is 6. The predicted molar refractivity (Wildman–Crippen MR) is 231 cm³/mol. The minimum Gasteiger partial charge on any atom is -0.388 e. The summed E-state index contributed by atoms with van der Waals surface area (Å²) in [6.45, 7) is 7.06. The summed E-state index contributed by atoms with van der Waals surface area (Å²) in [6.07, 6.45) is 6.77. The fourth-order valence-corrected chi connectivity index (χ4v) is 6.71. The summed E-state index contributed by atoms with van der Waals surface area (Å²) < 4.78 is 32.8. The Morgan fingerprint density at radius 2 is 1.74 bits per heavy atom. The van der Waals surface area contributed by atoms with Crippen LogP contribution in [0.3, 0.4) is 0 Å². The molecule has 0 bridgehead atoms. The Labute approximate surface area is 341 Å². The highest BCUT2D eigenvalue weighted by molar-refractivity contribution is 14.6. The van der Waals surface area contributed by atoms with Crippen LogP contribution in [0.25, 0.3) is 22.2 Å². The molecule has 1 aliphatic carbocycles. The fourth-order valence-electron chi connectivity index (χ4n) is 6.71. The number of aliphatic hydroxyl groups is 1. The van der Waals surface area contributed by atoms with E-state index >= 15 is 8.78 Å². The first-order valence-electron chi connectivity index (χ1n) is 16.5. The quantitative estimate of drug-likeness (QED) is 0.147. The van der Waals surface area contributed by atoms with Gasteiger partial charge in [-0.1, -0.05) is 26.0 Å². The minimum atomic E-state index is -1.24. The smallest absolute Gasteiger partial charge is 0.234 e. The molecule has 4 aromatic rings. The summed E-state index contributed by atoms with van der Waals surface area (Å²) in [5, 5.41) is 18.7. The van der Waals surface area contributed by atoms with Gasteiger partial charge in [0.2, 0.25) is 11.8 Å². The molecule has 3 aliphatic rings. The molecule has 2 N–H and O–H groups in total. The van der Waals surface area contributed by atoms with Crippen LogP contribution >= 0.6 is 83.5 Å². The van der Waals surface area contributed by atoms with Crippen molar-refractivity contribution in [2.45, 2.75) is 82.9 Å². The van der Waals surface area contributed by atoms with Crippen LogP contribution in [0.4, 0.5) is 8.78 Å². The highest BCUT2D eigenvalue weighted by Crippen LogP contribution is 2.77. The highest BCUT2D eigenvalue weighted by atomic mass is 127. The Hall–Kier alpha value is -0.750. The molecule has 2 amide bonds. The summed E-state index contributed by atoms with van der Waals surface area (Å²) in [4.78, 5) is 30.4. The van der Waals surface area contributed by atoms with Gasteiger partial charge in [-0.2, -0.15) is 5.10 Å². The number of imide groups is 1. The number of pyridine rings is 1. The number of fused-ring (bicyclic) bond motifs is 1. The van der Waals surface area contributed by atoms with Crippen molar-refractivity contribution >= 4 is 106 Å². The summed E-state index contributed by atoms with van der Waals surface area (Å²) in [5.41, 5.74) is 2.06. The van der Waals surface area contributed by atoms with Crippen molar-refractivity contribution in [2.24, 2.45) is 0 Å². The number of likely N-dealkylation sites (tertiary alicyclic amines) is 1. The van der Waals surface area contributed by atoms with Gasteiger partial charge in [-0.05, 0) is 84.9 Å². The number of nitrogens with zero attached hydrogens (tertiary/aromatic N) is 4. The maximum atomic E-state index is 16.1. The number of nitrogens with one attached hydrogen (secondary N) is 1. The normalized spacial score (nSPS) is 23.0. The molecule has 8 nitrogen and oxygen atoms in total. The molecular formula is C35H39F2I4N5O3S. The van der Waals surface area contributed by atoms with E-state index in [-0.39, 0.29) is 22.2 Å². The molecule has 7 rings (SSSR count). The number of carbonyl (C=O) groups is 2. The monoisotopic (exact) mass is 1150 g/mol. The van der Waals surface area contributed by atoms with E-state index in [1.54, 1.807) is 37.4 Å². The first-order chi connectivity index (χ1) is 23.7. The van der Waals surface area contributed by atoms with Gasteiger partial charge in [0.25, 0.3) is 0 Å². The molecule has 50 heavy (non-hydrogen) atoms. The molecule has 3 unspecified atom stereocenters. The van der Waals surface area contributed by atoms with Crippen molar-refractivity contribution in [3.63, 3.8) is 0 Å². The van der Waals surface area contributed by atoms with Crippen molar-refractivity contribution in [1.82, 2.24) is 25.0 Å². The number of halogens is 6. The van der Waals surface area contributed by atoms with Crippen LogP contribution in [0.2, 0.25) is 0 Å². The van der Waals surface area contributed by atoms with E-state index < -0.39 is 29.2 Å². The van der Waals surface area contributed by atoms with Crippen LogP contribution in [-0.4, -0.2) is 55.3 Å². The van der Waals surface area contributed by atoms with E-state index in [1.165, 1.54) is 6.07 Å². The van der Waals surface area contributed by atoms with Crippen LogP contribution in [0, 0.1) is 11.6 Å². The summed E-state index contributed by atoms with van der Waals surface area (Å²) in [6, 6.07) is 12.5. The van der Waals surface area contributed by atoms with Gasteiger partial charge in [0.15, 0.2) is 0 Å². The van der Waals surface area contributed by atoms with Crippen molar-refractivity contribution in [3.8, 4) is 11.3 Å². The zero-order chi connectivity index (χ0) is 36.4. The SMILES string of the molecule is CC.CC1(O)CN(Cc2ccc(-c3ccn(C4CC4)n3)c(F)c2)CCC1c1ccc2ncc(C3CCC(=O)NC3=O)cc2c1F.IS(I)(I)I. The van der Waals surface area contributed by atoms with Gasteiger partial charge in [0.1, 0.15) is 11.6 Å². The number of β-amino-alcohol motifs (C(OH)–C–C–N with tert-alkyl or cyclic N) is 1. The zero-order valence-corrected chi connectivity index (χ0v) is 37.3. The Morgan fingerprint density at radius 3 is 2.38 bits per heavy atom. The largest absolute Gasteiger partial charge is 0.388 e. The molecule has 15 heteroatoms. The second-order valence-electron chi connectivity index (χ2n) is 12.8. The standard InChI is InChI=1S/C33H33F2N5O3.C2H6.I4S/c1-33(43)18-39(17-19-2-5-24(27(34)14-19)29-11-13-40(38-29)21-3-4-21)12-10-26(33)23-6-8-28-25(31(23)35)15-20(16-36-28)22-7-9-30(41)37-32(22)42;1-2;1-5(2,3)4/h2,5-6,8,11,13-16,21-22,26,43H,3-4,7,9-10,12,17-18H2,1H3,(H,37,41,42);1-2H3;. The predicted octanol–water partition coefficient (Wildman–Crippen LogP) is 10.2. The Bertz CT molecular complexity index is 1860. The number of carbonyl (C=O) groups excluding carboxylic acids is 2. The van der Waals surface area contributed by atoms with E-state index in [2.05, 4.69) is 105 Å². The number of benzene rings is 2. The van der Waals surface area contributed by atoms with Crippen LogP contribution < -0.4 is 5.32 Å². The van der Waals surface area contributed by atoms with E-state index in [9.17, 15) is 14.7 Å². The average Bonchev–Trinajstić information content (AvgIpc) is 3.78. The lowest BCUT2D eigenvalue weighted by molar-refractivity contribution is -0.134. The third-order valence-electron chi connectivity index (χ3n) is 9.14. The summed E-state index contributed by atoms with van der Waals surface area (Å²) in [7, 11) is 0. The zero-order valence-electron chi connectivity index (χ0n) is 27.8. The Morgan fingerprint density at radius 1 is 1.02 bits per heavy atom. The molecule has 2 aliphatic heterocycles. The Kier molecular flexibility index (Phi) is 13.9. The molecule has 3 fully saturated rings. The van der Waals surface area contributed by atoms with Gasteiger partial charge in [0, 0.05) is 134 Å². The maximum Gasteiger partial charge on any atom is 0.234 e. The van der Waals surface area contributed by atoms with Crippen LogP contribution in [-0.2, 0) is 16.1 Å². The first-order valence-corrected chi connectivity index (χ1v) is 28.3. The molecule has 2 saturated heterocycles. The lowest BCUT2D eigenvalue weighted by Gasteiger charge is -2.43. The number of rotatable bonds is 6. The molecule has 2 aromatic heterocycles. The maximum absolute atomic E-state index is 16.1. The van der Waals surface area contributed by atoms with Crippen LogP contribution in [0.1, 0.15) is 87.4 Å². The molecular weight excluding hydrogens is 1120 g/mol. The van der Waals surface area contributed by atoms with Gasteiger partial charge in [0.05, 0.1) is 28.8 Å². The number of hydrogen-bond donors (Lipinski definition) is 2. The van der Waals surface area contributed by atoms with E-state index in [1.807, 2.05) is 36.9 Å². The molecule has 2 aromatic carbocycles. The van der Waals surface area contributed by atoms with Gasteiger partial charge in [-0.15, -0.1) is 0 Å². The summed E-state index contributed by atoms with van der Waals surface area (Å²) >= 11 is 9.68. The van der Waals surface area contributed by atoms with Crippen molar-refractivity contribution < 1.29 is 23.5 Å². The number of aromatic nitrogens is 3. The van der Waals surface area contributed by atoms with E-state index in [0.717, 1.165) is 18.4 Å². The van der Waals surface area contributed by atoms with Gasteiger partial charge in [-0.3, -0.25) is 29.5 Å². The highest BCUT2D eigenvalue weighted by Gasteiger charge is 2.40. The fraction of sp³-hybridized carbons (Fsp3) is 0.429. The third kappa shape index (κ3) is 10.3. The summed E-state index contributed by atoms with van der Waals surface area (Å²) in [5.74, 6) is -2.53. The van der Waals surface area contributed by atoms with E-state index in [0.29, 0.717) is 66.4 Å². The average molecular weight is 1160 g/mol. The molecule has 270 valence electrons. The first kappa shape index (κ1) is 40.4. The lowest BCUT2D eigenvalue weighted by atomic mass is 9.77. The van der Waals surface area contributed by atoms with E-state index in [4.69, 9.17) is 0 Å². The van der Waals surface area contributed by atoms with Crippen LogP contribution in [0.15, 0.2) is 54.9 Å².